The Hall–Kier alpha value is -0.340. The first-order valence-corrected chi connectivity index (χ1v) is 9.34. The lowest BCUT2D eigenvalue weighted by Crippen LogP contribution is -2.45. The molecule has 2 N–H and O–H groups in total. The van der Waals surface area contributed by atoms with Gasteiger partial charge >= 0.3 is 0 Å². The molecule has 1 saturated heterocycles. The van der Waals surface area contributed by atoms with Crippen LogP contribution in [0.2, 0.25) is 0 Å². The van der Waals surface area contributed by atoms with Gasteiger partial charge in [-0.2, -0.15) is 0 Å². The van der Waals surface area contributed by atoms with Gasteiger partial charge in [0.15, 0.2) is 5.96 Å². The van der Waals surface area contributed by atoms with E-state index in [0.717, 1.165) is 31.4 Å². The summed E-state index contributed by atoms with van der Waals surface area (Å²) < 4.78 is 0. The predicted octanol–water partition coefficient (Wildman–Crippen LogP) is 3.71. The van der Waals surface area contributed by atoms with E-state index in [1.165, 1.54) is 30.8 Å². The Labute approximate surface area is 162 Å². The van der Waals surface area contributed by atoms with Crippen molar-refractivity contribution in [2.24, 2.45) is 10.9 Å². The minimum Gasteiger partial charge on any atom is -0.356 e. The summed E-state index contributed by atoms with van der Waals surface area (Å²) in [7, 11) is 1.84. The number of piperidine rings is 1. The number of hydrogen-bond donors (Lipinski definition) is 2. The maximum Gasteiger partial charge on any atom is 0.191 e. The molecule has 1 fully saturated rings. The zero-order valence-corrected chi connectivity index (χ0v) is 17.7. The molecule has 0 amide bonds. The lowest BCUT2D eigenvalue weighted by atomic mass is 9.97. The molecule has 1 unspecified atom stereocenters. The van der Waals surface area contributed by atoms with Crippen LogP contribution in [0.5, 0.6) is 0 Å². The van der Waals surface area contributed by atoms with Crippen LogP contribution in [0.15, 0.2) is 22.5 Å². The molecule has 1 aromatic heterocycles. The predicted molar refractivity (Wildman–Crippen MR) is 112 cm³/mol. The topological polar surface area (TPSA) is 39.7 Å². The highest BCUT2D eigenvalue weighted by atomic mass is 127. The van der Waals surface area contributed by atoms with Gasteiger partial charge < -0.3 is 10.6 Å². The molecule has 0 spiro atoms. The van der Waals surface area contributed by atoms with Crippen LogP contribution < -0.4 is 10.6 Å². The third kappa shape index (κ3) is 6.58. The van der Waals surface area contributed by atoms with Crippen molar-refractivity contribution < 1.29 is 0 Å². The number of likely N-dealkylation sites (tertiary alicyclic amines) is 1. The fourth-order valence-electron chi connectivity index (χ4n) is 2.89. The van der Waals surface area contributed by atoms with Gasteiger partial charge in [-0.05, 0) is 49.7 Å². The van der Waals surface area contributed by atoms with E-state index in [0.29, 0.717) is 6.04 Å². The van der Waals surface area contributed by atoms with Crippen LogP contribution in [0.4, 0.5) is 0 Å². The van der Waals surface area contributed by atoms with Gasteiger partial charge in [0.25, 0.3) is 0 Å². The van der Waals surface area contributed by atoms with E-state index in [4.69, 9.17) is 0 Å². The SMILES string of the molecule is CCCNC(=NC)NCC(c1cccs1)N1CCC(C)CC1.I. The highest BCUT2D eigenvalue weighted by Crippen LogP contribution is 2.28. The number of halogens is 1. The van der Waals surface area contributed by atoms with Crippen molar-refractivity contribution in [1.29, 1.82) is 0 Å². The van der Waals surface area contributed by atoms with E-state index in [-0.39, 0.29) is 24.0 Å². The maximum absolute atomic E-state index is 4.32. The van der Waals surface area contributed by atoms with Crippen LogP contribution in [-0.4, -0.2) is 44.1 Å². The average Bonchev–Trinajstić information content (AvgIpc) is 3.06. The molecule has 1 aliphatic heterocycles. The molecule has 0 aromatic carbocycles. The van der Waals surface area contributed by atoms with Crippen LogP contribution >= 0.6 is 35.3 Å². The van der Waals surface area contributed by atoms with Crippen LogP contribution in [0.1, 0.15) is 44.0 Å². The van der Waals surface area contributed by atoms with Crippen LogP contribution in [-0.2, 0) is 0 Å². The molecule has 2 rings (SSSR count). The van der Waals surface area contributed by atoms with Gasteiger partial charge in [0.2, 0.25) is 0 Å². The molecular formula is C17H31IN4S. The number of rotatable bonds is 6. The van der Waals surface area contributed by atoms with Gasteiger partial charge in [-0.3, -0.25) is 9.89 Å². The Balaban J connectivity index is 0.00000264. The van der Waals surface area contributed by atoms with E-state index in [1.807, 2.05) is 18.4 Å². The Morgan fingerprint density at radius 3 is 2.70 bits per heavy atom. The van der Waals surface area contributed by atoms with E-state index in [2.05, 4.69) is 51.9 Å². The quantitative estimate of drug-likeness (QED) is 0.394. The summed E-state index contributed by atoms with van der Waals surface area (Å²) in [5, 5.41) is 9.04. The highest BCUT2D eigenvalue weighted by molar-refractivity contribution is 14.0. The molecule has 1 atom stereocenters. The minimum absolute atomic E-state index is 0. The second kappa shape index (κ2) is 11.3. The van der Waals surface area contributed by atoms with Crippen molar-refractivity contribution >= 4 is 41.3 Å². The zero-order chi connectivity index (χ0) is 15.8. The van der Waals surface area contributed by atoms with Crippen LogP contribution in [0, 0.1) is 5.92 Å². The molecule has 6 heteroatoms. The number of nitrogens with one attached hydrogen (secondary N) is 2. The van der Waals surface area contributed by atoms with Crippen molar-refractivity contribution in [2.45, 2.75) is 39.2 Å². The van der Waals surface area contributed by atoms with Gasteiger partial charge in [-0.1, -0.05) is 19.9 Å². The molecule has 1 aliphatic rings. The Morgan fingerprint density at radius 2 is 2.13 bits per heavy atom. The maximum atomic E-state index is 4.32. The normalized spacial score (nSPS) is 18.3. The molecule has 0 radical (unpaired) electrons. The summed E-state index contributed by atoms with van der Waals surface area (Å²) in [5.41, 5.74) is 0. The second-order valence-corrected chi connectivity index (χ2v) is 7.11. The van der Waals surface area contributed by atoms with Crippen molar-refractivity contribution in [2.75, 3.05) is 33.2 Å². The molecule has 132 valence electrons. The monoisotopic (exact) mass is 450 g/mol. The zero-order valence-electron chi connectivity index (χ0n) is 14.5. The fraction of sp³-hybridized carbons (Fsp3) is 0.706. The Bertz CT molecular complexity index is 441. The second-order valence-electron chi connectivity index (χ2n) is 6.13. The number of nitrogens with zero attached hydrogens (tertiary/aromatic N) is 2. The number of thiophene rings is 1. The Kier molecular flexibility index (Phi) is 10.1. The molecule has 4 nitrogen and oxygen atoms in total. The Morgan fingerprint density at radius 1 is 1.39 bits per heavy atom. The minimum atomic E-state index is 0. The lowest BCUT2D eigenvalue weighted by Gasteiger charge is -2.36. The van der Waals surface area contributed by atoms with Crippen LogP contribution in [0.3, 0.4) is 0 Å². The largest absolute Gasteiger partial charge is 0.356 e. The van der Waals surface area contributed by atoms with Gasteiger partial charge in [0.1, 0.15) is 0 Å². The summed E-state index contributed by atoms with van der Waals surface area (Å²) in [5.74, 6) is 1.78. The van der Waals surface area contributed by atoms with Gasteiger partial charge in [-0.15, -0.1) is 35.3 Å². The van der Waals surface area contributed by atoms with Gasteiger partial charge in [0, 0.05) is 25.0 Å². The molecule has 0 bridgehead atoms. The molecular weight excluding hydrogens is 419 g/mol. The summed E-state index contributed by atoms with van der Waals surface area (Å²) in [6, 6.07) is 4.87. The molecule has 0 aliphatic carbocycles. The summed E-state index contributed by atoms with van der Waals surface area (Å²) in [6.45, 7) is 8.82. The first kappa shape index (κ1) is 20.7. The van der Waals surface area contributed by atoms with Crippen molar-refractivity contribution in [3.63, 3.8) is 0 Å². The van der Waals surface area contributed by atoms with Gasteiger partial charge in [0.05, 0.1) is 6.04 Å². The number of aliphatic imine (C=N–C) groups is 1. The average molecular weight is 450 g/mol. The standard InChI is InChI=1S/C17H30N4S.HI/c1-4-9-19-17(18-3)20-13-15(16-6-5-12-22-16)21-10-7-14(2)8-11-21;/h5-6,12,14-15H,4,7-11,13H2,1-3H3,(H2,18,19,20);1H. The first-order valence-electron chi connectivity index (χ1n) is 8.46. The van der Waals surface area contributed by atoms with Crippen molar-refractivity contribution in [3.05, 3.63) is 22.4 Å². The molecule has 1 aromatic rings. The van der Waals surface area contributed by atoms with E-state index in [1.54, 1.807) is 0 Å². The third-order valence-electron chi connectivity index (χ3n) is 4.36. The van der Waals surface area contributed by atoms with E-state index in [9.17, 15) is 0 Å². The number of guanidine groups is 1. The summed E-state index contributed by atoms with van der Waals surface area (Å²) >= 11 is 1.86. The molecule has 2 heterocycles. The smallest absolute Gasteiger partial charge is 0.191 e. The first-order chi connectivity index (χ1) is 10.7. The fourth-order valence-corrected chi connectivity index (χ4v) is 3.75. The highest BCUT2D eigenvalue weighted by Gasteiger charge is 2.25. The lowest BCUT2D eigenvalue weighted by molar-refractivity contribution is 0.140. The number of hydrogen-bond acceptors (Lipinski definition) is 3. The van der Waals surface area contributed by atoms with E-state index < -0.39 is 0 Å². The van der Waals surface area contributed by atoms with Gasteiger partial charge in [-0.25, -0.2) is 0 Å². The molecule has 23 heavy (non-hydrogen) atoms. The molecule has 0 saturated carbocycles. The van der Waals surface area contributed by atoms with Crippen molar-refractivity contribution in [1.82, 2.24) is 15.5 Å². The van der Waals surface area contributed by atoms with E-state index >= 15 is 0 Å². The van der Waals surface area contributed by atoms with Crippen molar-refractivity contribution in [3.8, 4) is 0 Å². The third-order valence-corrected chi connectivity index (χ3v) is 5.33. The van der Waals surface area contributed by atoms with Crippen LogP contribution in [0.25, 0.3) is 0 Å². The summed E-state index contributed by atoms with van der Waals surface area (Å²) in [4.78, 5) is 8.40. The summed E-state index contributed by atoms with van der Waals surface area (Å²) in [6.07, 6.45) is 3.73.